The van der Waals surface area contributed by atoms with E-state index in [4.69, 9.17) is 0 Å². The molecule has 1 amide bonds. The van der Waals surface area contributed by atoms with Gasteiger partial charge in [0.05, 0.1) is 6.42 Å². The topological polar surface area (TPSA) is 32.3 Å². The van der Waals surface area contributed by atoms with Crippen LogP contribution in [-0.2, 0) is 11.2 Å². The highest BCUT2D eigenvalue weighted by Crippen LogP contribution is 2.14. The van der Waals surface area contributed by atoms with Gasteiger partial charge in [-0.3, -0.25) is 4.79 Å². The SMILES string of the molecule is CC1(C)CN(C(=O)Cc2cccs2)CCN1. The van der Waals surface area contributed by atoms with Crippen LogP contribution < -0.4 is 5.32 Å². The fraction of sp³-hybridized carbons (Fsp3) is 0.583. The van der Waals surface area contributed by atoms with Gasteiger partial charge in [-0.1, -0.05) is 6.07 Å². The first-order valence-electron chi connectivity index (χ1n) is 5.62. The fourth-order valence-electron chi connectivity index (χ4n) is 2.03. The fourth-order valence-corrected chi connectivity index (χ4v) is 2.72. The summed E-state index contributed by atoms with van der Waals surface area (Å²) in [6, 6.07) is 4.02. The van der Waals surface area contributed by atoms with Crippen LogP contribution in [-0.4, -0.2) is 36.0 Å². The highest BCUT2D eigenvalue weighted by atomic mass is 32.1. The molecular formula is C12H18N2OS. The van der Waals surface area contributed by atoms with E-state index in [1.54, 1.807) is 11.3 Å². The molecule has 4 heteroatoms. The minimum atomic E-state index is 0.0450. The zero-order chi connectivity index (χ0) is 11.6. The summed E-state index contributed by atoms with van der Waals surface area (Å²) in [5, 5.41) is 5.43. The first-order valence-corrected chi connectivity index (χ1v) is 6.50. The van der Waals surface area contributed by atoms with Crippen LogP contribution in [0.5, 0.6) is 0 Å². The molecule has 88 valence electrons. The first-order chi connectivity index (χ1) is 7.57. The quantitative estimate of drug-likeness (QED) is 0.847. The third kappa shape index (κ3) is 2.83. The molecule has 0 aliphatic carbocycles. The van der Waals surface area contributed by atoms with Crippen LogP contribution in [0.25, 0.3) is 0 Å². The number of rotatable bonds is 2. The van der Waals surface area contributed by atoms with Crippen molar-refractivity contribution in [3.8, 4) is 0 Å². The van der Waals surface area contributed by atoms with Crippen LogP contribution >= 0.6 is 11.3 Å². The Hall–Kier alpha value is -0.870. The van der Waals surface area contributed by atoms with Crippen molar-refractivity contribution in [3.63, 3.8) is 0 Å². The van der Waals surface area contributed by atoms with Crippen LogP contribution in [0.2, 0.25) is 0 Å². The second-order valence-corrected chi connectivity index (χ2v) is 5.91. The lowest BCUT2D eigenvalue weighted by Crippen LogP contribution is -2.58. The summed E-state index contributed by atoms with van der Waals surface area (Å²) in [5.74, 6) is 0.247. The number of thiophene rings is 1. The van der Waals surface area contributed by atoms with E-state index in [0.717, 1.165) is 24.5 Å². The van der Waals surface area contributed by atoms with E-state index in [0.29, 0.717) is 6.42 Å². The van der Waals surface area contributed by atoms with Crippen molar-refractivity contribution in [2.75, 3.05) is 19.6 Å². The zero-order valence-electron chi connectivity index (χ0n) is 9.82. The van der Waals surface area contributed by atoms with E-state index in [2.05, 4.69) is 19.2 Å². The van der Waals surface area contributed by atoms with Crippen LogP contribution in [0.3, 0.4) is 0 Å². The average molecular weight is 238 g/mol. The van der Waals surface area contributed by atoms with Crippen molar-refractivity contribution in [2.24, 2.45) is 0 Å². The minimum absolute atomic E-state index is 0.0450. The lowest BCUT2D eigenvalue weighted by molar-refractivity contribution is -0.132. The van der Waals surface area contributed by atoms with Crippen molar-refractivity contribution in [1.82, 2.24) is 10.2 Å². The van der Waals surface area contributed by atoms with Crippen molar-refractivity contribution >= 4 is 17.2 Å². The number of hydrogen-bond donors (Lipinski definition) is 1. The smallest absolute Gasteiger partial charge is 0.227 e. The van der Waals surface area contributed by atoms with Gasteiger partial charge in [0.1, 0.15) is 0 Å². The summed E-state index contributed by atoms with van der Waals surface area (Å²) in [5.41, 5.74) is 0.0450. The number of hydrogen-bond acceptors (Lipinski definition) is 3. The van der Waals surface area contributed by atoms with Crippen LogP contribution in [0.4, 0.5) is 0 Å². The molecule has 1 saturated heterocycles. The molecule has 1 aliphatic heterocycles. The summed E-state index contributed by atoms with van der Waals surface area (Å²) < 4.78 is 0. The number of carbonyl (C=O) groups is 1. The third-order valence-electron chi connectivity index (χ3n) is 2.83. The number of amides is 1. The molecule has 0 atom stereocenters. The van der Waals surface area contributed by atoms with Crippen LogP contribution in [0.15, 0.2) is 17.5 Å². The third-order valence-corrected chi connectivity index (χ3v) is 3.71. The van der Waals surface area contributed by atoms with E-state index < -0.39 is 0 Å². The minimum Gasteiger partial charge on any atom is -0.339 e. The Bertz CT molecular complexity index is 359. The predicted molar refractivity (Wildman–Crippen MR) is 66.7 cm³/mol. The molecule has 0 unspecified atom stereocenters. The lowest BCUT2D eigenvalue weighted by Gasteiger charge is -2.39. The molecular weight excluding hydrogens is 220 g/mol. The van der Waals surface area contributed by atoms with Gasteiger partial charge in [-0.05, 0) is 25.3 Å². The van der Waals surface area contributed by atoms with Crippen molar-refractivity contribution < 1.29 is 4.79 Å². The molecule has 1 aromatic heterocycles. The van der Waals surface area contributed by atoms with Crippen LogP contribution in [0.1, 0.15) is 18.7 Å². The maximum atomic E-state index is 12.1. The zero-order valence-corrected chi connectivity index (χ0v) is 10.6. The number of nitrogens with one attached hydrogen (secondary N) is 1. The van der Waals surface area contributed by atoms with E-state index >= 15 is 0 Å². The summed E-state index contributed by atoms with van der Waals surface area (Å²) in [6.07, 6.45) is 0.549. The molecule has 0 radical (unpaired) electrons. The highest BCUT2D eigenvalue weighted by molar-refractivity contribution is 7.10. The van der Waals surface area contributed by atoms with Crippen LogP contribution in [0, 0.1) is 0 Å². The Morgan fingerprint density at radius 3 is 3.06 bits per heavy atom. The second-order valence-electron chi connectivity index (χ2n) is 4.88. The number of piperazine rings is 1. The van der Waals surface area contributed by atoms with Gasteiger partial charge in [0.25, 0.3) is 0 Å². The van der Waals surface area contributed by atoms with E-state index in [1.165, 1.54) is 0 Å². The summed E-state index contributed by atoms with van der Waals surface area (Å²) in [7, 11) is 0. The van der Waals surface area contributed by atoms with E-state index in [1.807, 2.05) is 22.4 Å². The molecule has 3 nitrogen and oxygen atoms in total. The maximum Gasteiger partial charge on any atom is 0.227 e. The molecule has 0 bridgehead atoms. The van der Waals surface area contributed by atoms with Gasteiger partial charge in [0, 0.05) is 30.1 Å². The maximum absolute atomic E-state index is 12.1. The molecule has 1 N–H and O–H groups in total. The Kier molecular flexibility index (Phi) is 3.30. The largest absolute Gasteiger partial charge is 0.339 e. The van der Waals surface area contributed by atoms with Gasteiger partial charge >= 0.3 is 0 Å². The van der Waals surface area contributed by atoms with Crippen molar-refractivity contribution in [3.05, 3.63) is 22.4 Å². The summed E-state index contributed by atoms with van der Waals surface area (Å²) in [6.45, 7) is 6.79. The molecule has 2 rings (SSSR count). The van der Waals surface area contributed by atoms with Gasteiger partial charge in [-0.2, -0.15) is 0 Å². The van der Waals surface area contributed by atoms with Gasteiger partial charge in [0.15, 0.2) is 0 Å². The molecule has 1 aromatic rings. The number of carbonyl (C=O) groups excluding carboxylic acids is 1. The molecule has 16 heavy (non-hydrogen) atoms. The first kappa shape index (κ1) is 11.6. The van der Waals surface area contributed by atoms with Gasteiger partial charge in [0.2, 0.25) is 5.91 Å². The monoisotopic (exact) mass is 238 g/mol. The van der Waals surface area contributed by atoms with E-state index in [-0.39, 0.29) is 11.4 Å². The molecule has 1 aliphatic rings. The molecule has 0 spiro atoms. The van der Waals surface area contributed by atoms with Gasteiger partial charge in [-0.15, -0.1) is 11.3 Å². The van der Waals surface area contributed by atoms with E-state index in [9.17, 15) is 4.79 Å². The molecule has 0 aromatic carbocycles. The Labute approximate surface area is 100 Å². The van der Waals surface area contributed by atoms with Crippen molar-refractivity contribution in [2.45, 2.75) is 25.8 Å². The number of nitrogens with zero attached hydrogens (tertiary/aromatic N) is 1. The Morgan fingerprint density at radius 2 is 2.44 bits per heavy atom. The Balaban J connectivity index is 1.94. The summed E-state index contributed by atoms with van der Waals surface area (Å²) in [4.78, 5) is 15.2. The standard InChI is InChI=1S/C12H18N2OS/c1-12(2)9-14(6-5-13-12)11(15)8-10-4-3-7-16-10/h3-4,7,13H,5-6,8-9H2,1-2H3. The second kappa shape index (κ2) is 4.55. The van der Waals surface area contributed by atoms with Gasteiger partial charge < -0.3 is 10.2 Å². The summed E-state index contributed by atoms with van der Waals surface area (Å²) >= 11 is 1.65. The highest BCUT2D eigenvalue weighted by Gasteiger charge is 2.28. The lowest BCUT2D eigenvalue weighted by atomic mass is 10.0. The normalized spacial score (nSPS) is 19.8. The Morgan fingerprint density at radius 1 is 1.62 bits per heavy atom. The molecule has 2 heterocycles. The predicted octanol–water partition coefficient (Wildman–Crippen LogP) is 1.50. The average Bonchev–Trinajstić information content (AvgIpc) is 2.69. The molecule has 0 saturated carbocycles. The van der Waals surface area contributed by atoms with Crippen molar-refractivity contribution in [1.29, 1.82) is 0 Å². The molecule has 1 fully saturated rings. The van der Waals surface area contributed by atoms with Gasteiger partial charge in [-0.25, -0.2) is 0 Å².